The zero-order chi connectivity index (χ0) is 12.1. The van der Waals surface area contributed by atoms with E-state index in [-0.39, 0.29) is 5.54 Å². The minimum atomic E-state index is 0.233. The van der Waals surface area contributed by atoms with Gasteiger partial charge in [-0.05, 0) is 45.1 Å². The zero-order valence-electron chi connectivity index (χ0n) is 11.2. The highest BCUT2D eigenvalue weighted by Gasteiger charge is 2.67. The van der Waals surface area contributed by atoms with Crippen LogP contribution >= 0.6 is 0 Å². The van der Waals surface area contributed by atoms with Crippen molar-refractivity contribution in [3.8, 4) is 0 Å². The molecule has 0 spiro atoms. The van der Waals surface area contributed by atoms with Gasteiger partial charge in [-0.1, -0.05) is 36.8 Å². The topological polar surface area (TPSA) is 12.0 Å². The zero-order valence-corrected chi connectivity index (χ0v) is 11.2. The summed E-state index contributed by atoms with van der Waals surface area (Å²) >= 11 is 0. The molecular weight excluding hydrogens is 206 g/mol. The van der Waals surface area contributed by atoms with E-state index in [4.69, 9.17) is 0 Å². The maximum Gasteiger partial charge on any atom is 0.0209 e. The summed E-state index contributed by atoms with van der Waals surface area (Å²) in [6.45, 7) is 6.83. The van der Waals surface area contributed by atoms with Crippen molar-refractivity contribution in [3.05, 3.63) is 35.9 Å². The predicted octanol–water partition coefficient (Wildman–Crippen LogP) is 3.49. The summed E-state index contributed by atoms with van der Waals surface area (Å²) in [6.07, 6.45) is 4.18. The molecule has 0 aliphatic heterocycles. The van der Waals surface area contributed by atoms with E-state index in [2.05, 4.69) is 56.4 Å². The van der Waals surface area contributed by atoms with Crippen molar-refractivity contribution in [2.45, 2.75) is 57.0 Å². The van der Waals surface area contributed by atoms with Crippen LogP contribution in [0.25, 0.3) is 0 Å². The number of rotatable bonds is 2. The average molecular weight is 229 g/mol. The van der Waals surface area contributed by atoms with Gasteiger partial charge in [-0.3, -0.25) is 0 Å². The first-order chi connectivity index (χ1) is 8.04. The van der Waals surface area contributed by atoms with E-state index in [1.807, 2.05) is 0 Å². The molecule has 0 saturated heterocycles. The van der Waals surface area contributed by atoms with Crippen LogP contribution < -0.4 is 5.32 Å². The van der Waals surface area contributed by atoms with Crippen LogP contribution in [-0.2, 0) is 5.41 Å². The number of benzene rings is 1. The molecule has 0 radical (unpaired) electrons. The molecule has 3 unspecified atom stereocenters. The summed E-state index contributed by atoms with van der Waals surface area (Å²) in [5, 5.41) is 3.83. The molecule has 0 amide bonds. The molecule has 3 rings (SSSR count). The molecule has 1 heteroatoms. The van der Waals surface area contributed by atoms with Crippen molar-refractivity contribution < 1.29 is 0 Å². The quantitative estimate of drug-likeness (QED) is 0.818. The molecule has 2 saturated carbocycles. The Labute approximate surface area is 105 Å². The fourth-order valence-electron chi connectivity index (χ4n) is 3.88. The highest BCUT2D eigenvalue weighted by molar-refractivity contribution is 5.41. The third-order valence-corrected chi connectivity index (χ3v) is 4.52. The smallest absolute Gasteiger partial charge is 0.0209 e. The van der Waals surface area contributed by atoms with Crippen molar-refractivity contribution >= 4 is 0 Å². The van der Waals surface area contributed by atoms with Crippen LogP contribution in [-0.4, -0.2) is 11.6 Å². The monoisotopic (exact) mass is 229 g/mol. The Kier molecular flexibility index (Phi) is 2.38. The van der Waals surface area contributed by atoms with Crippen LogP contribution in [0.3, 0.4) is 0 Å². The predicted molar refractivity (Wildman–Crippen MR) is 72.1 cm³/mol. The van der Waals surface area contributed by atoms with Gasteiger partial charge >= 0.3 is 0 Å². The number of hydrogen-bond donors (Lipinski definition) is 1. The summed E-state index contributed by atoms with van der Waals surface area (Å²) in [4.78, 5) is 0. The molecule has 3 atom stereocenters. The molecule has 92 valence electrons. The van der Waals surface area contributed by atoms with Crippen molar-refractivity contribution in [1.29, 1.82) is 0 Å². The van der Waals surface area contributed by atoms with Crippen molar-refractivity contribution in [2.24, 2.45) is 5.92 Å². The number of nitrogens with one attached hydrogen (secondary N) is 1. The first kappa shape index (κ1) is 11.3. The van der Waals surface area contributed by atoms with Gasteiger partial charge in [0.2, 0.25) is 0 Å². The second kappa shape index (κ2) is 3.58. The number of fused-ring (bicyclic) bond motifs is 1. The molecule has 1 aromatic rings. The molecular formula is C16H23N. The Hall–Kier alpha value is -0.820. The van der Waals surface area contributed by atoms with E-state index < -0.39 is 0 Å². The fraction of sp³-hybridized carbons (Fsp3) is 0.625. The Morgan fingerprint density at radius 3 is 2.53 bits per heavy atom. The van der Waals surface area contributed by atoms with Crippen LogP contribution in [0.1, 0.15) is 45.6 Å². The highest BCUT2D eigenvalue weighted by Crippen LogP contribution is 2.64. The van der Waals surface area contributed by atoms with E-state index in [0.29, 0.717) is 11.5 Å². The third-order valence-electron chi connectivity index (χ3n) is 4.52. The van der Waals surface area contributed by atoms with E-state index in [1.165, 1.54) is 19.3 Å². The van der Waals surface area contributed by atoms with Crippen molar-refractivity contribution in [1.82, 2.24) is 5.32 Å². The minimum absolute atomic E-state index is 0.233. The van der Waals surface area contributed by atoms with Gasteiger partial charge in [-0.15, -0.1) is 0 Å². The van der Waals surface area contributed by atoms with Crippen LogP contribution in [0.2, 0.25) is 0 Å². The van der Waals surface area contributed by atoms with Crippen LogP contribution in [0.15, 0.2) is 30.3 Å². The molecule has 1 aromatic carbocycles. The van der Waals surface area contributed by atoms with Crippen LogP contribution in [0.5, 0.6) is 0 Å². The van der Waals surface area contributed by atoms with E-state index >= 15 is 0 Å². The summed E-state index contributed by atoms with van der Waals surface area (Å²) < 4.78 is 0. The van der Waals surface area contributed by atoms with Gasteiger partial charge < -0.3 is 5.32 Å². The molecule has 1 N–H and O–H groups in total. The SMILES string of the molecule is CC(C)(C)NC1C2CCCC21c1ccccc1. The minimum Gasteiger partial charge on any atom is -0.308 e. The van der Waals surface area contributed by atoms with Gasteiger partial charge in [0.25, 0.3) is 0 Å². The third kappa shape index (κ3) is 1.72. The average Bonchev–Trinajstić information content (AvgIpc) is 2.71. The normalized spacial score (nSPS) is 35.7. The first-order valence-electron chi connectivity index (χ1n) is 6.87. The van der Waals surface area contributed by atoms with Gasteiger partial charge in [-0.25, -0.2) is 0 Å². The fourth-order valence-corrected chi connectivity index (χ4v) is 3.88. The number of hydrogen-bond acceptors (Lipinski definition) is 1. The van der Waals surface area contributed by atoms with Crippen molar-refractivity contribution in [3.63, 3.8) is 0 Å². The second-order valence-electron chi connectivity index (χ2n) is 6.78. The lowest BCUT2D eigenvalue weighted by Crippen LogP contribution is -2.41. The molecule has 0 heterocycles. The van der Waals surface area contributed by atoms with Crippen molar-refractivity contribution in [2.75, 3.05) is 0 Å². The molecule has 17 heavy (non-hydrogen) atoms. The Morgan fingerprint density at radius 2 is 1.88 bits per heavy atom. The molecule has 0 bridgehead atoms. The molecule has 1 nitrogen and oxygen atoms in total. The van der Waals surface area contributed by atoms with Crippen LogP contribution in [0.4, 0.5) is 0 Å². The summed E-state index contributed by atoms with van der Waals surface area (Å²) in [7, 11) is 0. The van der Waals surface area contributed by atoms with E-state index in [9.17, 15) is 0 Å². The van der Waals surface area contributed by atoms with Gasteiger partial charge in [0.1, 0.15) is 0 Å². The van der Waals surface area contributed by atoms with E-state index in [0.717, 1.165) is 5.92 Å². The standard InChI is InChI=1S/C16H23N/c1-15(2,3)17-14-13-10-7-11-16(13,14)12-8-5-4-6-9-12/h4-6,8-9,13-14,17H,7,10-11H2,1-3H3. The second-order valence-corrected chi connectivity index (χ2v) is 6.78. The lowest BCUT2D eigenvalue weighted by molar-refractivity contribution is 0.382. The Balaban J connectivity index is 1.87. The molecule has 2 aliphatic carbocycles. The maximum absolute atomic E-state index is 3.83. The van der Waals surface area contributed by atoms with Gasteiger partial charge in [0, 0.05) is 17.0 Å². The molecule has 0 aromatic heterocycles. The summed E-state index contributed by atoms with van der Waals surface area (Å²) in [6, 6.07) is 11.8. The first-order valence-corrected chi connectivity index (χ1v) is 6.87. The Morgan fingerprint density at radius 1 is 1.18 bits per heavy atom. The maximum atomic E-state index is 3.83. The van der Waals surface area contributed by atoms with E-state index in [1.54, 1.807) is 5.56 Å². The van der Waals surface area contributed by atoms with Gasteiger partial charge in [-0.2, -0.15) is 0 Å². The highest BCUT2D eigenvalue weighted by atomic mass is 15.1. The Bertz CT molecular complexity index is 403. The largest absolute Gasteiger partial charge is 0.308 e. The molecule has 2 fully saturated rings. The van der Waals surface area contributed by atoms with Crippen LogP contribution in [0, 0.1) is 5.92 Å². The lowest BCUT2D eigenvalue weighted by atomic mass is 9.92. The molecule has 2 aliphatic rings. The summed E-state index contributed by atoms with van der Waals surface area (Å²) in [5.74, 6) is 0.879. The van der Waals surface area contributed by atoms with Gasteiger partial charge in [0.05, 0.1) is 0 Å². The summed E-state index contributed by atoms with van der Waals surface area (Å²) in [5.41, 5.74) is 2.26. The lowest BCUT2D eigenvalue weighted by Gasteiger charge is -2.25. The van der Waals surface area contributed by atoms with Gasteiger partial charge in [0.15, 0.2) is 0 Å².